The molecule has 0 saturated heterocycles. The fraction of sp³-hybridized carbons (Fsp3) is 0.286. The molecule has 1 heterocycles. The summed E-state index contributed by atoms with van der Waals surface area (Å²) in [7, 11) is 1.69. The molecule has 2 aromatic rings. The number of hydrogen-bond acceptors (Lipinski definition) is 4. The molecular formula is C14H17N3O. The largest absolute Gasteiger partial charge is 0.496 e. The second-order valence-electron chi connectivity index (χ2n) is 4.21. The fourth-order valence-electron chi connectivity index (χ4n) is 2.08. The van der Waals surface area contributed by atoms with E-state index in [0.717, 1.165) is 28.1 Å². The van der Waals surface area contributed by atoms with Gasteiger partial charge in [0.05, 0.1) is 19.3 Å². The summed E-state index contributed by atoms with van der Waals surface area (Å²) < 4.78 is 5.36. The van der Waals surface area contributed by atoms with Gasteiger partial charge in [-0.05, 0) is 43.2 Å². The first kappa shape index (κ1) is 12.5. The molecule has 18 heavy (non-hydrogen) atoms. The van der Waals surface area contributed by atoms with Crippen molar-refractivity contribution < 1.29 is 4.74 Å². The summed E-state index contributed by atoms with van der Waals surface area (Å²) in [6, 6.07) is 6.02. The van der Waals surface area contributed by atoms with Crippen LogP contribution < -0.4 is 10.5 Å². The minimum Gasteiger partial charge on any atom is -0.496 e. The minimum absolute atomic E-state index is 0.349. The average Bonchev–Trinajstić information content (AvgIpc) is 2.38. The third-order valence-electron chi connectivity index (χ3n) is 2.85. The van der Waals surface area contributed by atoms with E-state index >= 15 is 0 Å². The summed E-state index contributed by atoms with van der Waals surface area (Å²) in [5.74, 6) is 1.57. The molecule has 0 aliphatic rings. The highest BCUT2D eigenvalue weighted by atomic mass is 16.5. The van der Waals surface area contributed by atoms with E-state index in [9.17, 15) is 0 Å². The number of aromatic nitrogens is 2. The Balaban J connectivity index is 2.51. The van der Waals surface area contributed by atoms with Crippen LogP contribution in [0.15, 0.2) is 24.4 Å². The highest BCUT2D eigenvalue weighted by Gasteiger charge is 2.08. The highest BCUT2D eigenvalue weighted by molar-refractivity contribution is 5.63. The lowest BCUT2D eigenvalue weighted by Gasteiger charge is -2.11. The van der Waals surface area contributed by atoms with Crippen LogP contribution in [0, 0.1) is 13.8 Å². The van der Waals surface area contributed by atoms with Gasteiger partial charge < -0.3 is 10.5 Å². The van der Waals surface area contributed by atoms with Crippen LogP contribution in [0.5, 0.6) is 5.75 Å². The standard InChI is InChI=1S/C14H17N3O/c1-9-6-11(7-10(2)14(9)18-3)12-4-5-16-13(8-15)17-12/h4-7H,8,15H2,1-3H3. The first-order valence-electron chi connectivity index (χ1n) is 5.83. The Labute approximate surface area is 107 Å². The summed E-state index contributed by atoms with van der Waals surface area (Å²) in [5, 5.41) is 0. The van der Waals surface area contributed by atoms with E-state index in [1.54, 1.807) is 13.3 Å². The van der Waals surface area contributed by atoms with E-state index in [-0.39, 0.29) is 0 Å². The van der Waals surface area contributed by atoms with Crippen LogP contribution in [0.4, 0.5) is 0 Å². The molecule has 4 nitrogen and oxygen atoms in total. The number of nitrogens with zero attached hydrogens (tertiary/aromatic N) is 2. The predicted molar refractivity (Wildman–Crippen MR) is 71.4 cm³/mol. The lowest BCUT2D eigenvalue weighted by molar-refractivity contribution is 0.408. The molecule has 0 aliphatic carbocycles. The van der Waals surface area contributed by atoms with Gasteiger partial charge in [0.1, 0.15) is 11.6 Å². The quantitative estimate of drug-likeness (QED) is 0.898. The zero-order valence-corrected chi connectivity index (χ0v) is 10.9. The normalized spacial score (nSPS) is 10.4. The first-order valence-corrected chi connectivity index (χ1v) is 5.83. The highest BCUT2D eigenvalue weighted by Crippen LogP contribution is 2.28. The fourth-order valence-corrected chi connectivity index (χ4v) is 2.08. The molecule has 1 aromatic carbocycles. The van der Waals surface area contributed by atoms with Crippen molar-refractivity contribution in [2.75, 3.05) is 7.11 Å². The van der Waals surface area contributed by atoms with Gasteiger partial charge in [0.2, 0.25) is 0 Å². The predicted octanol–water partition coefficient (Wildman–Crippen LogP) is 2.23. The molecule has 0 aliphatic heterocycles. The number of aryl methyl sites for hydroxylation is 2. The molecule has 0 spiro atoms. The maximum absolute atomic E-state index is 5.56. The third-order valence-corrected chi connectivity index (χ3v) is 2.85. The summed E-state index contributed by atoms with van der Waals surface area (Å²) in [6.45, 7) is 4.41. The van der Waals surface area contributed by atoms with Crippen molar-refractivity contribution in [1.29, 1.82) is 0 Å². The number of nitrogens with two attached hydrogens (primary N) is 1. The maximum Gasteiger partial charge on any atom is 0.142 e. The van der Waals surface area contributed by atoms with Crippen molar-refractivity contribution in [2.45, 2.75) is 20.4 Å². The van der Waals surface area contributed by atoms with Gasteiger partial charge in [-0.1, -0.05) is 0 Å². The number of methoxy groups -OCH3 is 1. The molecule has 94 valence electrons. The van der Waals surface area contributed by atoms with Crippen LogP contribution >= 0.6 is 0 Å². The molecule has 0 bridgehead atoms. The van der Waals surface area contributed by atoms with Crippen LogP contribution in [-0.2, 0) is 6.54 Å². The van der Waals surface area contributed by atoms with Gasteiger partial charge in [-0.2, -0.15) is 0 Å². The summed E-state index contributed by atoms with van der Waals surface area (Å²) in [4.78, 5) is 8.52. The zero-order chi connectivity index (χ0) is 13.1. The molecule has 0 unspecified atom stereocenters. The molecular weight excluding hydrogens is 226 g/mol. The second-order valence-corrected chi connectivity index (χ2v) is 4.21. The summed E-state index contributed by atoms with van der Waals surface area (Å²) in [6.07, 6.45) is 1.74. The lowest BCUT2D eigenvalue weighted by Crippen LogP contribution is -2.03. The van der Waals surface area contributed by atoms with Crippen molar-refractivity contribution in [2.24, 2.45) is 5.73 Å². The molecule has 0 fully saturated rings. The first-order chi connectivity index (χ1) is 8.65. The summed E-state index contributed by atoms with van der Waals surface area (Å²) in [5.41, 5.74) is 9.70. The van der Waals surface area contributed by atoms with Crippen LogP contribution in [0.1, 0.15) is 17.0 Å². The number of ether oxygens (including phenoxy) is 1. The maximum atomic E-state index is 5.56. The van der Waals surface area contributed by atoms with Crippen LogP contribution in [0.25, 0.3) is 11.3 Å². The Hall–Kier alpha value is -1.94. The molecule has 2 rings (SSSR count). The Bertz CT molecular complexity index is 544. The average molecular weight is 243 g/mol. The smallest absolute Gasteiger partial charge is 0.142 e. The monoisotopic (exact) mass is 243 g/mol. The molecule has 2 N–H and O–H groups in total. The van der Waals surface area contributed by atoms with Crippen LogP contribution in [-0.4, -0.2) is 17.1 Å². The van der Waals surface area contributed by atoms with Gasteiger partial charge >= 0.3 is 0 Å². The van der Waals surface area contributed by atoms with E-state index in [2.05, 4.69) is 22.1 Å². The van der Waals surface area contributed by atoms with Gasteiger partial charge in [0.25, 0.3) is 0 Å². The van der Waals surface area contributed by atoms with E-state index < -0.39 is 0 Å². The molecule has 0 radical (unpaired) electrons. The number of rotatable bonds is 3. The molecule has 1 aromatic heterocycles. The van der Waals surface area contributed by atoms with Crippen LogP contribution in [0.2, 0.25) is 0 Å². The molecule has 0 saturated carbocycles. The van der Waals surface area contributed by atoms with Gasteiger partial charge in [0, 0.05) is 11.8 Å². The zero-order valence-electron chi connectivity index (χ0n) is 10.9. The molecule has 4 heteroatoms. The van der Waals surface area contributed by atoms with Gasteiger partial charge in [-0.3, -0.25) is 0 Å². The Kier molecular flexibility index (Phi) is 3.58. The van der Waals surface area contributed by atoms with E-state index in [4.69, 9.17) is 10.5 Å². The Morgan fingerprint density at radius 1 is 1.22 bits per heavy atom. The van der Waals surface area contributed by atoms with Crippen molar-refractivity contribution in [1.82, 2.24) is 9.97 Å². The summed E-state index contributed by atoms with van der Waals surface area (Å²) >= 11 is 0. The van der Waals surface area contributed by atoms with Crippen LogP contribution in [0.3, 0.4) is 0 Å². The third kappa shape index (κ3) is 2.33. The van der Waals surface area contributed by atoms with Crippen molar-refractivity contribution in [3.8, 4) is 17.0 Å². The van der Waals surface area contributed by atoms with Gasteiger partial charge in [-0.25, -0.2) is 9.97 Å². The SMILES string of the molecule is COc1c(C)cc(-c2ccnc(CN)n2)cc1C. The number of hydrogen-bond donors (Lipinski definition) is 1. The molecule has 0 atom stereocenters. The van der Waals surface area contributed by atoms with Gasteiger partial charge in [0.15, 0.2) is 0 Å². The Morgan fingerprint density at radius 2 is 1.89 bits per heavy atom. The van der Waals surface area contributed by atoms with E-state index in [1.165, 1.54) is 0 Å². The van der Waals surface area contributed by atoms with E-state index in [1.807, 2.05) is 19.9 Å². The minimum atomic E-state index is 0.349. The lowest BCUT2D eigenvalue weighted by atomic mass is 10.0. The topological polar surface area (TPSA) is 61.0 Å². The molecule has 0 amide bonds. The van der Waals surface area contributed by atoms with E-state index in [0.29, 0.717) is 12.4 Å². The van der Waals surface area contributed by atoms with Crippen molar-refractivity contribution in [3.63, 3.8) is 0 Å². The van der Waals surface area contributed by atoms with Crippen molar-refractivity contribution in [3.05, 3.63) is 41.3 Å². The number of benzene rings is 1. The van der Waals surface area contributed by atoms with Gasteiger partial charge in [-0.15, -0.1) is 0 Å². The van der Waals surface area contributed by atoms with Crippen molar-refractivity contribution >= 4 is 0 Å². The second kappa shape index (κ2) is 5.14. The Morgan fingerprint density at radius 3 is 2.44 bits per heavy atom.